The first-order valence-corrected chi connectivity index (χ1v) is 12.0. The van der Waals surface area contributed by atoms with Gasteiger partial charge in [0.15, 0.2) is 0 Å². The molecule has 0 atom stereocenters. The Bertz CT molecular complexity index is 1430. The highest BCUT2D eigenvalue weighted by Crippen LogP contribution is 2.38. The number of fused-ring (bicyclic) bond motifs is 1. The van der Waals surface area contributed by atoms with E-state index >= 15 is 0 Å². The van der Waals surface area contributed by atoms with Crippen molar-refractivity contribution in [2.75, 3.05) is 18.9 Å². The maximum Gasteiger partial charge on any atom is 0.255 e. The minimum atomic E-state index is -0.353. The van der Waals surface area contributed by atoms with Crippen molar-refractivity contribution in [3.8, 4) is 22.5 Å². The number of nitrogens with zero attached hydrogens (tertiary/aromatic N) is 1. The lowest BCUT2D eigenvalue weighted by molar-refractivity contribution is 0.0918. The number of hydrogen-bond donors (Lipinski definition) is 3. The Hall–Kier alpha value is -4.13. The van der Waals surface area contributed by atoms with Gasteiger partial charge in [-0.25, -0.2) is 0 Å². The van der Waals surface area contributed by atoms with Crippen LogP contribution in [0, 0.1) is 6.92 Å². The van der Waals surface area contributed by atoms with Crippen molar-refractivity contribution in [2.24, 2.45) is 0 Å². The molecule has 0 saturated heterocycles. The Morgan fingerprint density at radius 3 is 2.33 bits per heavy atom. The summed E-state index contributed by atoms with van der Waals surface area (Å²) in [5.74, 6) is 0.673. The number of furan rings is 1. The van der Waals surface area contributed by atoms with Crippen molar-refractivity contribution in [3.05, 3.63) is 71.3 Å². The summed E-state index contributed by atoms with van der Waals surface area (Å²) in [5, 5.41) is 9.64. The summed E-state index contributed by atoms with van der Waals surface area (Å²) in [7, 11) is 1.60. The average molecular weight is 485 g/mol. The number of amides is 2. The number of hydrogen-bond acceptors (Lipinski definition) is 5. The first-order chi connectivity index (χ1) is 17.1. The van der Waals surface area contributed by atoms with Crippen molar-refractivity contribution in [2.45, 2.75) is 40.2 Å². The van der Waals surface area contributed by atoms with Gasteiger partial charge in [-0.1, -0.05) is 42.0 Å². The number of aromatic nitrogens is 1. The molecule has 2 aromatic heterocycles. The van der Waals surface area contributed by atoms with E-state index in [-0.39, 0.29) is 17.4 Å². The number of carbonyl (C=O) groups is 2. The fraction of sp³-hybridized carbons (Fsp3) is 0.276. The maximum atomic E-state index is 13.0. The van der Waals surface area contributed by atoms with E-state index in [9.17, 15) is 9.59 Å². The number of anilines is 1. The molecule has 2 amide bonds. The van der Waals surface area contributed by atoms with E-state index in [4.69, 9.17) is 9.40 Å². The minimum absolute atomic E-state index is 0.153. The third-order valence-corrected chi connectivity index (χ3v) is 5.72. The molecule has 0 radical (unpaired) electrons. The molecule has 36 heavy (non-hydrogen) atoms. The lowest BCUT2D eigenvalue weighted by Crippen LogP contribution is -2.40. The van der Waals surface area contributed by atoms with Crippen LogP contribution in [0.25, 0.3) is 33.6 Å². The van der Waals surface area contributed by atoms with Gasteiger partial charge in [0.1, 0.15) is 11.6 Å². The van der Waals surface area contributed by atoms with Gasteiger partial charge in [0.05, 0.1) is 10.9 Å². The van der Waals surface area contributed by atoms with Crippen LogP contribution in [0.3, 0.4) is 0 Å². The Balaban J connectivity index is 1.92. The summed E-state index contributed by atoms with van der Waals surface area (Å²) in [6.07, 6.45) is 0. The number of carbonyl (C=O) groups excluding carboxylic acids is 2. The topological polar surface area (TPSA) is 96.3 Å². The van der Waals surface area contributed by atoms with Gasteiger partial charge in [-0.2, -0.15) is 4.98 Å². The van der Waals surface area contributed by atoms with Crippen molar-refractivity contribution in [3.63, 3.8) is 0 Å². The maximum absolute atomic E-state index is 13.0. The van der Waals surface area contributed by atoms with Gasteiger partial charge in [0.2, 0.25) is 5.71 Å². The van der Waals surface area contributed by atoms with E-state index in [1.54, 1.807) is 13.1 Å². The third kappa shape index (κ3) is 5.10. The number of benzene rings is 2. The van der Waals surface area contributed by atoms with E-state index in [0.717, 1.165) is 22.3 Å². The van der Waals surface area contributed by atoms with Crippen LogP contribution in [-0.4, -0.2) is 35.9 Å². The molecule has 7 heteroatoms. The number of rotatable bonds is 6. The Labute approximate surface area is 211 Å². The minimum Gasteiger partial charge on any atom is -0.437 e. The van der Waals surface area contributed by atoms with Crippen LogP contribution in [0.5, 0.6) is 0 Å². The normalized spacial score (nSPS) is 11.4. The van der Waals surface area contributed by atoms with Gasteiger partial charge in [0, 0.05) is 35.8 Å². The molecule has 0 aliphatic heterocycles. The molecule has 186 valence electrons. The van der Waals surface area contributed by atoms with Gasteiger partial charge in [-0.15, -0.1) is 0 Å². The summed E-state index contributed by atoms with van der Waals surface area (Å²) in [6.45, 7) is 10.5. The summed E-state index contributed by atoms with van der Waals surface area (Å²) >= 11 is 0. The molecule has 4 rings (SSSR count). The summed E-state index contributed by atoms with van der Waals surface area (Å²) in [4.78, 5) is 30.6. The number of pyridine rings is 1. The fourth-order valence-corrected chi connectivity index (χ4v) is 4.04. The Kier molecular flexibility index (Phi) is 6.84. The van der Waals surface area contributed by atoms with E-state index in [1.807, 2.05) is 83.1 Å². The van der Waals surface area contributed by atoms with Crippen LogP contribution < -0.4 is 16.0 Å². The van der Waals surface area contributed by atoms with Gasteiger partial charge >= 0.3 is 0 Å². The fourth-order valence-electron chi connectivity index (χ4n) is 4.04. The van der Waals surface area contributed by atoms with Crippen molar-refractivity contribution < 1.29 is 14.0 Å². The second kappa shape index (κ2) is 9.85. The highest BCUT2D eigenvalue weighted by atomic mass is 16.3. The van der Waals surface area contributed by atoms with Crippen LogP contribution in [0.1, 0.15) is 54.0 Å². The third-order valence-electron chi connectivity index (χ3n) is 5.72. The van der Waals surface area contributed by atoms with Gasteiger partial charge in [-0.3, -0.25) is 9.59 Å². The predicted octanol–water partition coefficient (Wildman–Crippen LogP) is 5.79. The molecule has 0 aliphatic rings. The van der Waals surface area contributed by atoms with Crippen molar-refractivity contribution in [1.29, 1.82) is 0 Å². The quantitative estimate of drug-likeness (QED) is 0.322. The van der Waals surface area contributed by atoms with Crippen LogP contribution in [-0.2, 0) is 0 Å². The number of nitrogens with one attached hydrogen (secondary N) is 3. The SMILES string of the molecule is CCNc1nc2oc(-c3ccc(C)cc3)c(C(=O)NC)c2cc1-c1cccc(C(=O)NC(C)(C)C)c1. The second-order valence-corrected chi connectivity index (χ2v) is 9.80. The highest BCUT2D eigenvalue weighted by molar-refractivity contribution is 6.11. The monoisotopic (exact) mass is 484 g/mol. The van der Waals surface area contributed by atoms with Crippen LogP contribution in [0.4, 0.5) is 5.82 Å². The molecule has 0 bridgehead atoms. The van der Waals surface area contributed by atoms with Crippen molar-refractivity contribution >= 4 is 28.7 Å². The largest absolute Gasteiger partial charge is 0.437 e. The second-order valence-electron chi connectivity index (χ2n) is 9.80. The van der Waals surface area contributed by atoms with Crippen molar-refractivity contribution in [1.82, 2.24) is 15.6 Å². The van der Waals surface area contributed by atoms with Crippen LogP contribution in [0.15, 0.2) is 59.0 Å². The van der Waals surface area contributed by atoms with E-state index in [1.165, 1.54) is 0 Å². The summed E-state index contributed by atoms with van der Waals surface area (Å²) in [5.41, 5.74) is 4.48. The molecule has 0 saturated carbocycles. The highest BCUT2D eigenvalue weighted by Gasteiger charge is 2.25. The van der Waals surface area contributed by atoms with E-state index in [0.29, 0.717) is 40.3 Å². The van der Waals surface area contributed by atoms with Gasteiger partial charge in [0.25, 0.3) is 11.8 Å². The molecule has 0 spiro atoms. The zero-order valence-electron chi connectivity index (χ0n) is 21.6. The lowest BCUT2D eigenvalue weighted by atomic mass is 9.99. The Morgan fingerprint density at radius 2 is 1.69 bits per heavy atom. The molecule has 4 aromatic rings. The van der Waals surface area contributed by atoms with Gasteiger partial charge in [-0.05, 0) is 58.4 Å². The standard InChI is InChI=1S/C29H32N4O3/c1-7-31-25-21(19-9-8-10-20(15-19)26(34)33-29(3,4)5)16-22-23(27(35)30-6)24(36-28(22)32-25)18-13-11-17(2)12-14-18/h8-16H,7H2,1-6H3,(H,30,35)(H,31,32)(H,33,34). The summed E-state index contributed by atoms with van der Waals surface area (Å²) < 4.78 is 6.17. The first-order valence-electron chi connectivity index (χ1n) is 12.0. The number of aryl methyl sites for hydroxylation is 1. The molecular formula is C29H32N4O3. The zero-order chi connectivity index (χ0) is 26.0. The average Bonchev–Trinajstić information content (AvgIpc) is 3.21. The smallest absolute Gasteiger partial charge is 0.255 e. The molecule has 2 heterocycles. The summed E-state index contributed by atoms with van der Waals surface area (Å²) in [6, 6.07) is 17.1. The molecular weight excluding hydrogens is 452 g/mol. The Morgan fingerprint density at radius 1 is 0.972 bits per heavy atom. The molecule has 7 nitrogen and oxygen atoms in total. The van der Waals surface area contributed by atoms with Gasteiger partial charge < -0.3 is 20.4 Å². The predicted molar refractivity (Wildman–Crippen MR) is 144 cm³/mol. The van der Waals surface area contributed by atoms with Crippen LogP contribution in [0.2, 0.25) is 0 Å². The molecule has 3 N–H and O–H groups in total. The molecule has 0 fully saturated rings. The molecule has 0 unspecified atom stereocenters. The first kappa shape index (κ1) is 25.0. The molecule has 0 aliphatic carbocycles. The zero-order valence-corrected chi connectivity index (χ0v) is 21.6. The molecule has 2 aromatic carbocycles. The van der Waals surface area contributed by atoms with Crippen LogP contribution >= 0.6 is 0 Å². The van der Waals surface area contributed by atoms with E-state index in [2.05, 4.69) is 16.0 Å². The van der Waals surface area contributed by atoms with E-state index < -0.39 is 0 Å². The lowest BCUT2D eigenvalue weighted by Gasteiger charge is -2.20.